The lowest BCUT2D eigenvalue weighted by Gasteiger charge is -2.38. The third-order valence-corrected chi connectivity index (χ3v) is 4.99. The highest BCUT2D eigenvalue weighted by Gasteiger charge is 2.32. The summed E-state index contributed by atoms with van der Waals surface area (Å²) in [6.07, 6.45) is 0.0409. The molecule has 29 heavy (non-hydrogen) atoms. The molecule has 3 rings (SSSR count). The summed E-state index contributed by atoms with van der Waals surface area (Å²) >= 11 is 6.03. The second-order valence-electron chi connectivity index (χ2n) is 6.61. The number of carbonyl (C=O) groups is 3. The lowest BCUT2D eigenvalue weighted by molar-refractivity contribution is -0.144. The molecule has 1 aromatic heterocycles. The van der Waals surface area contributed by atoms with E-state index in [9.17, 15) is 14.4 Å². The van der Waals surface area contributed by atoms with Crippen molar-refractivity contribution < 1.29 is 19.1 Å². The minimum absolute atomic E-state index is 0.0409. The quantitative estimate of drug-likeness (QED) is 0.535. The molecule has 0 spiro atoms. The Labute approximate surface area is 173 Å². The molecular weight excluding hydrogens is 398 g/mol. The van der Waals surface area contributed by atoms with Crippen molar-refractivity contribution in [3.05, 3.63) is 42.1 Å². The van der Waals surface area contributed by atoms with E-state index < -0.39 is 17.9 Å². The van der Waals surface area contributed by atoms with E-state index in [4.69, 9.17) is 16.5 Å². The number of piperazine rings is 1. The first kappa shape index (κ1) is 20.8. The molecule has 154 valence electrons. The summed E-state index contributed by atoms with van der Waals surface area (Å²) in [6.45, 7) is 0.974. The molecule has 1 saturated heterocycles. The number of nitrogens with one attached hydrogen (secondary N) is 2. The summed E-state index contributed by atoms with van der Waals surface area (Å²) in [7, 11) is 1.30. The van der Waals surface area contributed by atoms with Crippen LogP contribution in [0, 0.1) is 0 Å². The Hall–Kier alpha value is -2.91. The fourth-order valence-electron chi connectivity index (χ4n) is 3.15. The lowest BCUT2D eigenvalue weighted by Crippen LogP contribution is -2.55. The van der Waals surface area contributed by atoms with Gasteiger partial charge in [0.05, 0.1) is 31.8 Å². The molecule has 1 aliphatic heterocycles. The molecule has 1 fully saturated rings. The van der Waals surface area contributed by atoms with Crippen LogP contribution in [0.1, 0.15) is 16.9 Å². The first-order valence-electron chi connectivity index (χ1n) is 9.14. The number of halogens is 1. The summed E-state index contributed by atoms with van der Waals surface area (Å²) in [5.41, 5.74) is 1.80. The van der Waals surface area contributed by atoms with Gasteiger partial charge in [0.15, 0.2) is 5.69 Å². The van der Waals surface area contributed by atoms with Crippen molar-refractivity contribution in [1.29, 1.82) is 0 Å². The fourth-order valence-corrected chi connectivity index (χ4v) is 3.38. The first-order chi connectivity index (χ1) is 14.0. The minimum atomic E-state index is -0.461. The topological polar surface area (TPSA) is 108 Å². The smallest absolute Gasteiger partial charge is 0.307 e. The van der Waals surface area contributed by atoms with Crippen molar-refractivity contribution in [2.75, 3.05) is 33.3 Å². The number of hydrogen-bond donors (Lipinski definition) is 2. The molecule has 2 amide bonds. The minimum Gasteiger partial charge on any atom is -0.469 e. The Morgan fingerprint density at radius 2 is 2.03 bits per heavy atom. The highest BCUT2D eigenvalue weighted by Crippen LogP contribution is 2.17. The number of benzene rings is 1. The molecule has 0 radical (unpaired) electrons. The van der Waals surface area contributed by atoms with E-state index in [1.807, 2.05) is 30.3 Å². The van der Waals surface area contributed by atoms with Gasteiger partial charge < -0.3 is 15.0 Å². The second-order valence-corrected chi connectivity index (χ2v) is 7.08. The molecule has 2 aromatic rings. The molecule has 0 saturated carbocycles. The standard InChI is InChI=1S/C19H22ClN5O4/c1-29-18(27)9-14-12-24(20)7-8-25(14)17(26)11-21-19(28)16-10-15(22-23-16)13-5-3-2-4-6-13/h2-6,10,14H,7-9,11-12H2,1H3,(H,21,28)(H,22,23). The van der Waals surface area contributed by atoms with E-state index in [1.165, 1.54) is 11.5 Å². The van der Waals surface area contributed by atoms with Gasteiger partial charge in [-0.25, -0.2) is 4.42 Å². The number of rotatable bonds is 6. The maximum Gasteiger partial charge on any atom is 0.307 e. The Morgan fingerprint density at radius 1 is 1.28 bits per heavy atom. The van der Waals surface area contributed by atoms with Gasteiger partial charge in [-0.1, -0.05) is 30.3 Å². The Morgan fingerprint density at radius 3 is 2.76 bits per heavy atom. The van der Waals surface area contributed by atoms with Crippen molar-refractivity contribution in [1.82, 2.24) is 24.8 Å². The number of aromatic nitrogens is 2. The predicted molar refractivity (Wildman–Crippen MR) is 106 cm³/mol. The van der Waals surface area contributed by atoms with Gasteiger partial charge in [0, 0.05) is 19.6 Å². The molecule has 1 atom stereocenters. The van der Waals surface area contributed by atoms with Gasteiger partial charge in [-0.2, -0.15) is 5.10 Å². The zero-order valence-corrected chi connectivity index (χ0v) is 16.7. The molecule has 0 bridgehead atoms. The normalized spacial score (nSPS) is 17.0. The fraction of sp³-hybridized carbons (Fsp3) is 0.368. The monoisotopic (exact) mass is 419 g/mol. The summed E-state index contributed by atoms with van der Waals surface area (Å²) in [5.74, 6) is -1.18. The summed E-state index contributed by atoms with van der Waals surface area (Å²) in [6, 6.07) is 10.7. The van der Waals surface area contributed by atoms with Crippen LogP contribution in [0.25, 0.3) is 11.3 Å². The van der Waals surface area contributed by atoms with E-state index in [2.05, 4.69) is 15.5 Å². The van der Waals surface area contributed by atoms with Gasteiger partial charge >= 0.3 is 5.97 Å². The predicted octanol–water partition coefficient (Wildman–Crippen LogP) is 1.04. The molecule has 1 aliphatic rings. The van der Waals surface area contributed by atoms with E-state index >= 15 is 0 Å². The number of nitrogens with zero attached hydrogens (tertiary/aromatic N) is 3. The number of methoxy groups -OCH3 is 1. The highest BCUT2D eigenvalue weighted by molar-refractivity contribution is 6.13. The molecule has 0 aliphatic carbocycles. The first-order valence-corrected chi connectivity index (χ1v) is 9.47. The number of H-pyrrole nitrogens is 1. The molecule has 2 N–H and O–H groups in total. The highest BCUT2D eigenvalue weighted by atomic mass is 35.5. The van der Waals surface area contributed by atoms with Crippen LogP contribution in [0.2, 0.25) is 0 Å². The van der Waals surface area contributed by atoms with Crippen LogP contribution in [0.15, 0.2) is 36.4 Å². The van der Waals surface area contributed by atoms with Gasteiger partial charge in [0.2, 0.25) is 5.91 Å². The second kappa shape index (κ2) is 9.53. The van der Waals surface area contributed by atoms with Crippen molar-refractivity contribution in [2.45, 2.75) is 12.5 Å². The van der Waals surface area contributed by atoms with Crippen LogP contribution in [-0.4, -0.2) is 76.6 Å². The average molecular weight is 420 g/mol. The van der Waals surface area contributed by atoms with Crippen molar-refractivity contribution >= 4 is 29.6 Å². The van der Waals surface area contributed by atoms with E-state index in [0.29, 0.717) is 25.3 Å². The van der Waals surface area contributed by atoms with Crippen molar-refractivity contribution in [2.24, 2.45) is 0 Å². The van der Waals surface area contributed by atoms with E-state index in [1.54, 1.807) is 11.0 Å². The van der Waals surface area contributed by atoms with Crippen LogP contribution in [0.5, 0.6) is 0 Å². The molecule has 1 unspecified atom stereocenters. The SMILES string of the molecule is COC(=O)CC1CN(Cl)CCN1C(=O)CNC(=O)c1cc(-c2ccccc2)[nH]n1. The molecular formula is C19H22ClN5O4. The maximum atomic E-state index is 12.6. The van der Waals surface area contributed by atoms with Gasteiger partial charge in [-0.15, -0.1) is 0 Å². The Balaban J connectivity index is 1.58. The van der Waals surface area contributed by atoms with E-state index in [0.717, 1.165) is 5.56 Å². The number of amides is 2. The van der Waals surface area contributed by atoms with Gasteiger partial charge in [-0.05, 0) is 23.4 Å². The number of ether oxygens (including phenoxy) is 1. The maximum absolute atomic E-state index is 12.6. The van der Waals surface area contributed by atoms with Crippen LogP contribution in [-0.2, 0) is 14.3 Å². The van der Waals surface area contributed by atoms with Gasteiger partial charge in [0.25, 0.3) is 5.91 Å². The van der Waals surface area contributed by atoms with Crippen LogP contribution >= 0.6 is 11.8 Å². The number of esters is 1. The zero-order chi connectivity index (χ0) is 20.8. The lowest BCUT2D eigenvalue weighted by atomic mass is 10.1. The summed E-state index contributed by atoms with van der Waals surface area (Å²) < 4.78 is 6.22. The third kappa shape index (κ3) is 5.33. The number of carbonyl (C=O) groups excluding carboxylic acids is 3. The largest absolute Gasteiger partial charge is 0.469 e. The van der Waals surface area contributed by atoms with Crippen LogP contribution in [0.3, 0.4) is 0 Å². The van der Waals surface area contributed by atoms with Gasteiger partial charge in [-0.3, -0.25) is 19.5 Å². The molecule has 2 heterocycles. The van der Waals surface area contributed by atoms with E-state index in [-0.39, 0.29) is 24.6 Å². The van der Waals surface area contributed by atoms with Crippen LogP contribution in [0.4, 0.5) is 0 Å². The van der Waals surface area contributed by atoms with Gasteiger partial charge in [0.1, 0.15) is 0 Å². The zero-order valence-electron chi connectivity index (χ0n) is 15.9. The Bertz CT molecular complexity index is 872. The number of aromatic amines is 1. The van der Waals surface area contributed by atoms with Crippen molar-refractivity contribution in [3.8, 4) is 11.3 Å². The number of hydrogen-bond acceptors (Lipinski definition) is 6. The molecule has 9 nitrogen and oxygen atoms in total. The average Bonchev–Trinajstić information content (AvgIpc) is 3.23. The summed E-state index contributed by atoms with van der Waals surface area (Å²) in [5, 5.41) is 9.41. The molecule has 10 heteroatoms. The molecule has 1 aromatic carbocycles. The Kier molecular flexibility index (Phi) is 6.84. The van der Waals surface area contributed by atoms with Crippen LogP contribution < -0.4 is 5.32 Å². The summed E-state index contributed by atoms with van der Waals surface area (Å²) in [4.78, 5) is 38.2. The van der Waals surface area contributed by atoms with Crippen molar-refractivity contribution in [3.63, 3.8) is 0 Å². The third-order valence-electron chi connectivity index (χ3n) is 4.68.